The molecule has 1 saturated heterocycles. The molecule has 1 N–H and O–H groups in total. The van der Waals surface area contributed by atoms with Crippen LogP contribution in [0.15, 0.2) is 78.9 Å². The molecule has 1 unspecified atom stereocenters. The van der Waals surface area contributed by atoms with Crippen LogP contribution in [0.25, 0.3) is 0 Å². The van der Waals surface area contributed by atoms with E-state index in [0.29, 0.717) is 30.1 Å². The van der Waals surface area contributed by atoms with E-state index in [2.05, 4.69) is 5.32 Å². The van der Waals surface area contributed by atoms with Crippen molar-refractivity contribution in [3.8, 4) is 11.5 Å². The van der Waals surface area contributed by atoms with Crippen LogP contribution >= 0.6 is 0 Å². The molecule has 0 aromatic heterocycles. The Labute approximate surface area is 204 Å². The largest absolute Gasteiger partial charge is 0.497 e. The summed E-state index contributed by atoms with van der Waals surface area (Å²) in [6.45, 7) is 0.292. The lowest BCUT2D eigenvalue weighted by atomic mass is 10.1. The van der Waals surface area contributed by atoms with Gasteiger partial charge >= 0.3 is 6.03 Å². The van der Waals surface area contributed by atoms with Gasteiger partial charge in [0.25, 0.3) is 5.91 Å². The van der Waals surface area contributed by atoms with Gasteiger partial charge in [0.05, 0.1) is 26.3 Å². The van der Waals surface area contributed by atoms with Crippen molar-refractivity contribution in [2.24, 2.45) is 0 Å². The number of carbonyl (C=O) groups excluding carboxylic acids is 3. The van der Waals surface area contributed by atoms with Gasteiger partial charge in [-0.15, -0.1) is 0 Å². The number of amides is 4. The topological polar surface area (TPSA) is 88.2 Å². The first-order chi connectivity index (χ1) is 17.0. The summed E-state index contributed by atoms with van der Waals surface area (Å²) in [5.41, 5.74) is 2.05. The minimum absolute atomic E-state index is 0.150. The molecule has 1 atom stereocenters. The molecule has 1 aliphatic heterocycles. The molecule has 8 nitrogen and oxygen atoms in total. The van der Waals surface area contributed by atoms with Crippen LogP contribution in [-0.4, -0.2) is 49.6 Å². The van der Waals surface area contributed by atoms with Crippen molar-refractivity contribution in [2.75, 3.05) is 31.0 Å². The Morgan fingerprint density at radius 3 is 2.06 bits per heavy atom. The number of benzene rings is 3. The highest BCUT2D eigenvalue weighted by molar-refractivity contribution is 6.22. The van der Waals surface area contributed by atoms with E-state index in [4.69, 9.17) is 9.47 Å². The molecular formula is C27H27N3O5. The summed E-state index contributed by atoms with van der Waals surface area (Å²) in [6, 6.07) is 21.9. The number of hydrogen-bond acceptors (Lipinski definition) is 5. The highest BCUT2D eigenvalue weighted by Crippen LogP contribution is 2.27. The van der Waals surface area contributed by atoms with Gasteiger partial charge in [-0.05, 0) is 60.5 Å². The fourth-order valence-corrected chi connectivity index (χ4v) is 4.01. The third-order valence-corrected chi connectivity index (χ3v) is 5.89. The summed E-state index contributed by atoms with van der Waals surface area (Å²) in [6.07, 6.45) is 0.380. The average molecular weight is 474 g/mol. The first-order valence-electron chi connectivity index (χ1n) is 11.3. The van der Waals surface area contributed by atoms with E-state index >= 15 is 0 Å². The zero-order chi connectivity index (χ0) is 24.8. The molecule has 8 heteroatoms. The predicted octanol–water partition coefficient (Wildman–Crippen LogP) is 4.11. The number of urea groups is 1. The first-order valence-corrected chi connectivity index (χ1v) is 11.3. The van der Waals surface area contributed by atoms with Crippen LogP contribution in [0.1, 0.15) is 12.0 Å². The minimum Gasteiger partial charge on any atom is -0.497 e. The van der Waals surface area contributed by atoms with Gasteiger partial charge in [0.15, 0.2) is 0 Å². The lowest BCUT2D eigenvalue weighted by Gasteiger charge is -2.21. The quantitative estimate of drug-likeness (QED) is 0.473. The molecule has 3 aromatic carbocycles. The maximum absolute atomic E-state index is 13.3. The number of anilines is 2. The highest BCUT2D eigenvalue weighted by Gasteiger charge is 2.46. The van der Waals surface area contributed by atoms with Gasteiger partial charge in [-0.2, -0.15) is 0 Å². The van der Waals surface area contributed by atoms with E-state index in [1.165, 1.54) is 4.90 Å². The van der Waals surface area contributed by atoms with Crippen LogP contribution in [-0.2, 0) is 16.0 Å². The Balaban J connectivity index is 1.52. The van der Waals surface area contributed by atoms with Crippen molar-refractivity contribution in [1.29, 1.82) is 0 Å². The zero-order valence-electron chi connectivity index (χ0n) is 19.6. The molecule has 4 amide bonds. The Hall–Kier alpha value is -4.33. The Morgan fingerprint density at radius 1 is 0.857 bits per heavy atom. The summed E-state index contributed by atoms with van der Waals surface area (Å²) >= 11 is 0. The number of nitrogens with one attached hydrogen (secondary N) is 1. The third kappa shape index (κ3) is 5.43. The predicted molar refractivity (Wildman–Crippen MR) is 133 cm³/mol. The molecule has 1 aliphatic rings. The van der Waals surface area contributed by atoms with Crippen LogP contribution in [0.2, 0.25) is 0 Å². The molecule has 0 radical (unpaired) electrons. The van der Waals surface area contributed by atoms with Gasteiger partial charge in [-0.25, -0.2) is 9.69 Å². The van der Waals surface area contributed by atoms with Crippen LogP contribution in [0, 0.1) is 0 Å². The van der Waals surface area contributed by atoms with E-state index in [1.54, 1.807) is 62.8 Å². The Bertz CT molecular complexity index is 1180. The van der Waals surface area contributed by atoms with Crippen molar-refractivity contribution >= 4 is 29.2 Å². The number of rotatable bonds is 9. The number of carbonyl (C=O) groups is 3. The van der Waals surface area contributed by atoms with E-state index in [9.17, 15) is 14.4 Å². The van der Waals surface area contributed by atoms with E-state index in [0.717, 1.165) is 16.2 Å². The number of nitrogens with zero attached hydrogens (tertiary/aromatic N) is 2. The lowest BCUT2D eigenvalue weighted by molar-refractivity contribution is -0.124. The number of hydrogen-bond donors (Lipinski definition) is 1. The van der Waals surface area contributed by atoms with Crippen LogP contribution in [0.4, 0.5) is 16.2 Å². The fourth-order valence-electron chi connectivity index (χ4n) is 4.01. The second-order valence-corrected chi connectivity index (χ2v) is 8.08. The molecule has 180 valence electrons. The molecule has 0 saturated carbocycles. The molecule has 0 aliphatic carbocycles. The molecular weight excluding hydrogens is 446 g/mol. The second kappa shape index (κ2) is 10.7. The van der Waals surface area contributed by atoms with Gasteiger partial charge in [0.1, 0.15) is 17.5 Å². The number of imide groups is 1. The number of ether oxygens (including phenoxy) is 2. The van der Waals surface area contributed by atoms with Crippen molar-refractivity contribution in [3.63, 3.8) is 0 Å². The molecule has 3 aromatic rings. The van der Waals surface area contributed by atoms with Crippen LogP contribution in [0.3, 0.4) is 0 Å². The average Bonchev–Trinajstić information content (AvgIpc) is 3.12. The summed E-state index contributed by atoms with van der Waals surface area (Å²) in [5, 5.41) is 2.80. The van der Waals surface area contributed by atoms with Crippen LogP contribution in [0.5, 0.6) is 11.5 Å². The standard InChI is InChI=1S/C27H27N3O5/c1-34-22-12-8-19(9-13-22)16-17-29-24(18-25(31)28-20-10-14-23(35-2)15-11-20)26(32)30(27(29)33)21-6-4-3-5-7-21/h3-15,24H,16-18H2,1-2H3,(H,28,31). The first kappa shape index (κ1) is 23.8. The van der Waals surface area contributed by atoms with Gasteiger partial charge in [-0.3, -0.25) is 9.59 Å². The molecule has 4 rings (SSSR count). The fraction of sp³-hybridized carbons (Fsp3) is 0.222. The zero-order valence-corrected chi connectivity index (χ0v) is 19.6. The summed E-state index contributed by atoms with van der Waals surface area (Å²) in [7, 11) is 3.17. The summed E-state index contributed by atoms with van der Waals surface area (Å²) in [4.78, 5) is 42.1. The molecule has 1 heterocycles. The number of methoxy groups -OCH3 is 2. The third-order valence-electron chi connectivity index (χ3n) is 5.89. The second-order valence-electron chi connectivity index (χ2n) is 8.08. The van der Waals surface area contributed by atoms with Crippen molar-refractivity contribution in [1.82, 2.24) is 4.90 Å². The summed E-state index contributed by atoms with van der Waals surface area (Å²) in [5.74, 6) is 0.638. The molecule has 1 fully saturated rings. The van der Waals surface area contributed by atoms with Gasteiger partial charge in [0, 0.05) is 12.2 Å². The van der Waals surface area contributed by atoms with Gasteiger partial charge in [0.2, 0.25) is 5.91 Å². The van der Waals surface area contributed by atoms with Gasteiger partial charge in [-0.1, -0.05) is 30.3 Å². The van der Waals surface area contributed by atoms with E-state index in [-0.39, 0.29) is 12.3 Å². The van der Waals surface area contributed by atoms with Gasteiger partial charge < -0.3 is 19.7 Å². The SMILES string of the molecule is COc1ccc(CCN2C(=O)N(c3ccccc3)C(=O)C2CC(=O)Nc2ccc(OC)cc2)cc1. The number of para-hydroxylation sites is 1. The smallest absolute Gasteiger partial charge is 0.332 e. The molecule has 0 bridgehead atoms. The van der Waals surface area contributed by atoms with Crippen molar-refractivity contribution in [3.05, 3.63) is 84.4 Å². The molecule has 35 heavy (non-hydrogen) atoms. The maximum atomic E-state index is 13.3. The summed E-state index contributed by atoms with van der Waals surface area (Å²) < 4.78 is 10.3. The highest BCUT2D eigenvalue weighted by atomic mass is 16.5. The van der Waals surface area contributed by atoms with Crippen molar-refractivity contribution < 1.29 is 23.9 Å². The van der Waals surface area contributed by atoms with E-state index < -0.39 is 18.0 Å². The monoisotopic (exact) mass is 473 g/mol. The maximum Gasteiger partial charge on any atom is 0.332 e. The lowest BCUT2D eigenvalue weighted by Crippen LogP contribution is -2.39. The Morgan fingerprint density at radius 2 is 1.46 bits per heavy atom. The van der Waals surface area contributed by atoms with Crippen molar-refractivity contribution in [2.45, 2.75) is 18.9 Å². The van der Waals surface area contributed by atoms with E-state index in [1.807, 2.05) is 30.3 Å². The minimum atomic E-state index is -0.904. The van der Waals surface area contributed by atoms with Crippen LogP contribution < -0.4 is 19.7 Å². The normalized spacial score (nSPS) is 15.3. The molecule has 0 spiro atoms. The Kier molecular flexibility index (Phi) is 7.30.